The number of aryl methyl sites for hydroxylation is 2. The Morgan fingerprint density at radius 3 is 2.71 bits per heavy atom. The fourth-order valence-electron chi connectivity index (χ4n) is 2.46. The zero-order chi connectivity index (χ0) is 17.3. The molecular formula is C16H24BrN7. The quantitative estimate of drug-likeness (QED) is 0.622. The summed E-state index contributed by atoms with van der Waals surface area (Å²) in [5.41, 5.74) is 1.23. The smallest absolute Gasteiger partial charge is 0.194 e. The number of guanidine groups is 1. The van der Waals surface area contributed by atoms with Crippen LogP contribution in [0.3, 0.4) is 0 Å². The summed E-state index contributed by atoms with van der Waals surface area (Å²) in [5.74, 6) is 2.69. The highest BCUT2D eigenvalue weighted by atomic mass is 79.9. The molecular weight excluding hydrogens is 370 g/mol. The van der Waals surface area contributed by atoms with Crippen LogP contribution in [0.4, 0.5) is 0 Å². The Morgan fingerprint density at radius 2 is 2.17 bits per heavy atom. The second-order valence-corrected chi connectivity index (χ2v) is 7.31. The van der Waals surface area contributed by atoms with Gasteiger partial charge in [-0.2, -0.15) is 0 Å². The molecule has 0 aromatic carbocycles. The Kier molecular flexibility index (Phi) is 4.93. The van der Waals surface area contributed by atoms with Crippen LogP contribution in [0.1, 0.15) is 30.2 Å². The minimum atomic E-state index is 0.521. The van der Waals surface area contributed by atoms with Gasteiger partial charge in [-0.15, -0.1) is 10.2 Å². The fraction of sp³-hybridized carbons (Fsp3) is 0.562. The summed E-state index contributed by atoms with van der Waals surface area (Å²) in [7, 11) is 6.10. The average molecular weight is 394 g/mol. The standard InChI is InChI=1S/C16H24BrN7/c1-11-20-21-15(24(11)4)8-18-16(19-13-5-6-13)23(3)10-14-7-12(17)9-22(14)2/h7,9,13H,5-6,8,10H2,1-4H3,(H,18,19). The van der Waals surface area contributed by atoms with Crippen molar-refractivity contribution in [2.45, 2.75) is 38.9 Å². The largest absolute Gasteiger partial charge is 0.353 e. The number of hydrogen-bond donors (Lipinski definition) is 1. The van der Waals surface area contributed by atoms with Crippen molar-refractivity contribution in [3.05, 3.63) is 34.1 Å². The van der Waals surface area contributed by atoms with Gasteiger partial charge in [-0.3, -0.25) is 0 Å². The van der Waals surface area contributed by atoms with Crippen molar-refractivity contribution < 1.29 is 0 Å². The Bertz CT molecular complexity index is 742. The van der Waals surface area contributed by atoms with Crippen molar-refractivity contribution >= 4 is 21.9 Å². The summed E-state index contributed by atoms with van der Waals surface area (Å²) in [4.78, 5) is 6.92. The van der Waals surface area contributed by atoms with E-state index in [-0.39, 0.29) is 0 Å². The van der Waals surface area contributed by atoms with Gasteiger partial charge < -0.3 is 19.4 Å². The first-order valence-electron chi connectivity index (χ1n) is 8.11. The van der Waals surface area contributed by atoms with Crippen LogP contribution in [0.2, 0.25) is 0 Å². The number of aromatic nitrogens is 4. The maximum Gasteiger partial charge on any atom is 0.194 e. The Morgan fingerprint density at radius 1 is 1.42 bits per heavy atom. The molecule has 2 aromatic rings. The van der Waals surface area contributed by atoms with Crippen LogP contribution in [0, 0.1) is 6.92 Å². The lowest BCUT2D eigenvalue weighted by molar-refractivity contribution is 0.459. The monoisotopic (exact) mass is 393 g/mol. The van der Waals surface area contributed by atoms with E-state index >= 15 is 0 Å². The first-order valence-corrected chi connectivity index (χ1v) is 8.91. The number of hydrogen-bond acceptors (Lipinski definition) is 3. The topological polar surface area (TPSA) is 63.3 Å². The van der Waals surface area contributed by atoms with E-state index in [0.717, 1.165) is 28.6 Å². The first-order chi connectivity index (χ1) is 11.4. The Hall–Kier alpha value is -1.83. The molecule has 8 heteroatoms. The highest BCUT2D eigenvalue weighted by Crippen LogP contribution is 2.20. The number of aliphatic imine (C=N–C) groups is 1. The van der Waals surface area contributed by atoms with Gasteiger partial charge in [0.05, 0.1) is 6.54 Å². The first kappa shape index (κ1) is 17.0. The van der Waals surface area contributed by atoms with Gasteiger partial charge in [0.1, 0.15) is 12.4 Å². The van der Waals surface area contributed by atoms with Crippen LogP contribution < -0.4 is 5.32 Å². The minimum Gasteiger partial charge on any atom is -0.353 e. The van der Waals surface area contributed by atoms with E-state index < -0.39 is 0 Å². The van der Waals surface area contributed by atoms with Gasteiger partial charge in [0.25, 0.3) is 0 Å². The predicted octanol–water partition coefficient (Wildman–Crippen LogP) is 1.96. The van der Waals surface area contributed by atoms with Gasteiger partial charge >= 0.3 is 0 Å². The molecule has 1 fully saturated rings. The number of rotatable bonds is 5. The zero-order valence-electron chi connectivity index (χ0n) is 14.6. The van der Waals surface area contributed by atoms with Crippen LogP contribution in [-0.4, -0.2) is 43.3 Å². The molecule has 2 aromatic heterocycles. The lowest BCUT2D eigenvalue weighted by Crippen LogP contribution is -2.40. The van der Waals surface area contributed by atoms with Gasteiger partial charge in [0.15, 0.2) is 11.8 Å². The summed E-state index contributed by atoms with van der Waals surface area (Å²) < 4.78 is 5.20. The molecule has 2 heterocycles. The normalized spacial score (nSPS) is 15.0. The molecule has 1 N–H and O–H groups in total. The summed E-state index contributed by atoms with van der Waals surface area (Å²) in [6.45, 7) is 3.26. The van der Waals surface area contributed by atoms with Crippen LogP contribution in [-0.2, 0) is 27.2 Å². The maximum absolute atomic E-state index is 4.77. The van der Waals surface area contributed by atoms with Crippen molar-refractivity contribution in [2.24, 2.45) is 19.1 Å². The van der Waals surface area contributed by atoms with Crippen molar-refractivity contribution in [3.63, 3.8) is 0 Å². The van der Waals surface area contributed by atoms with Gasteiger partial charge in [0.2, 0.25) is 0 Å². The molecule has 130 valence electrons. The molecule has 3 rings (SSSR count). The van der Waals surface area contributed by atoms with Crippen LogP contribution in [0.25, 0.3) is 0 Å². The predicted molar refractivity (Wildman–Crippen MR) is 97.6 cm³/mol. The summed E-state index contributed by atoms with van der Waals surface area (Å²) in [5, 5.41) is 11.8. The Labute approximate surface area is 150 Å². The summed E-state index contributed by atoms with van der Waals surface area (Å²) >= 11 is 3.53. The maximum atomic E-state index is 4.77. The van der Waals surface area contributed by atoms with Crippen molar-refractivity contribution in [2.75, 3.05) is 7.05 Å². The van der Waals surface area contributed by atoms with E-state index in [0.29, 0.717) is 12.6 Å². The molecule has 1 aliphatic rings. The highest BCUT2D eigenvalue weighted by Gasteiger charge is 2.24. The van der Waals surface area contributed by atoms with Crippen molar-refractivity contribution in [1.82, 2.24) is 29.5 Å². The third-order valence-electron chi connectivity index (χ3n) is 4.30. The second kappa shape index (κ2) is 6.96. The third kappa shape index (κ3) is 3.98. The van der Waals surface area contributed by atoms with Gasteiger partial charge in [-0.25, -0.2) is 4.99 Å². The Balaban J connectivity index is 1.73. The van der Waals surface area contributed by atoms with Crippen molar-refractivity contribution in [1.29, 1.82) is 0 Å². The van der Waals surface area contributed by atoms with Gasteiger partial charge in [-0.05, 0) is 41.8 Å². The summed E-state index contributed by atoms with van der Waals surface area (Å²) in [6, 6.07) is 2.68. The minimum absolute atomic E-state index is 0.521. The average Bonchev–Trinajstić information content (AvgIpc) is 3.22. The van der Waals surface area contributed by atoms with E-state index in [1.54, 1.807) is 0 Å². The number of nitrogens with one attached hydrogen (secondary N) is 1. The second-order valence-electron chi connectivity index (χ2n) is 6.40. The molecule has 0 saturated heterocycles. The molecule has 0 bridgehead atoms. The molecule has 7 nitrogen and oxygen atoms in total. The molecule has 1 aliphatic carbocycles. The third-order valence-corrected chi connectivity index (χ3v) is 4.73. The molecule has 1 saturated carbocycles. The lowest BCUT2D eigenvalue weighted by atomic mass is 10.4. The van der Waals surface area contributed by atoms with E-state index in [1.165, 1.54) is 18.5 Å². The molecule has 0 radical (unpaired) electrons. The van der Waals surface area contributed by atoms with Gasteiger partial charge in [0, 0.05) is 43.5 Å². The fourth-order valence-corrected chi connectivity index (χ4v) is 3.03. The zero-order valence-corrected chi connectivity index (χ0v) is 16.2. The van der Waals surface area contributed by atoms with E-state index in [1.807, 2.05) is 18.5 Å². The lowest BCUT2D eigenvalue weighted by Gasteiger charge is -2.22. The van der Waals surface area contributed by atoms with Crippen LogP contribution >= 0.6 is 15.9 Å². The van der Waals surface area contributed by atoms with E-state index in [9.17, 15) is 0 Å². The molecule has 0 spiro atoms. The van der Waals surface area contributed by atoms with Crippen LogP contribution in [0.5, 0.6) is 0 Å². The van der Waals surface area contributed by atoms with Crippen molar-refractivity contribution in [3.8, 4) is 0 Å². The van der Waals surface area contributed by atoms with E-state index in [2.05, 4.69) is 67.3 Å². The number of nitrogens with zero attached hydrogens (tertiary/aromatic N) is 6. The van der Waals surface area contributed by atoms with Gasteiger partial charge in [-0.1, -0.05) is 0 Å². The molecule has 24 heavy (non-hydrogen) atoms. The molecule has 0 unspecified atom stereocenters. The van der Waals surface area contributed by atoms with E-state index in [4.69, 9.17) is 4.99 Å². The molecule has 0 amide bonds. The summed E-state index contributed by atoms with van der Waals surface area (Å²) in [6.07, 6.45) is 4.49. The highest BCUT2D eigenvalue weighted by molar-refractivity contribution is 9.10. The SMILES string of the molecule is Cc1nnc(CN=C(NC2CC2)N(C)Cc2cc(Br)cn2C)n1C. The number of halogens is 1. The van der Waals surface area contributed by atoms with Crippen LogP contribution in [0.15, 0.2) is 21.7 Å². The molecule has 0 aliphatic heterocycles. The molecule has 0 atom stereocenters.